The molecule has 2 rings (SSSR count). The van der Waals surface area contributed by atoms with Crippen molar-refractivity contribution in [2.75, 3.05) is 27.0 Å². The minimum Gasteiger partial charge on any atom is -0.345 e. The number of carbonyl (C=O) groups excluding carboxylic acids is 1. The van der Waals surface area contributed by atoms with Gasteiger partial charge < -0.3 is 10.2 Å². The van der Waals surface area contributed by atoms with Gasteiger partial charge in [0.1, 0.15) is 0 Å². The third-order valence-corrected chi connectivity index (χ3v) is 3.50. The van der Waals surface area contributed by atoms with Gasteiger partial charge in [-0.05, 0) is 62.0 Å². The van der Waals surface area contributed by atoms with Gasteiger partial charge in [0.25, 0.3) is 5.91 Å². The van der Waals surface area contributed by atoms with Gasteiger partial charge in [-0.2, -0.15) is 0 Å². The highest BCUT2D eigenvalue weighted by atomic mass is 16.2. The van der Waals surface area contributed by atoms with E-state index in [9.17, 15) is 4.79 Å². The van der Waals surface area contributed by atoms with Gasteiger partial charge in [-0.25, -0.2) is 0 Å². The maximum Gasteiger partial charge on any atom is 0.253 e. The third-order valence-electron chi connectivity index (χ3n) is 3.50. The molecule has 98 valence electrons. The van der Waals surface area contributed by atoms with E-state index in [0.29, 0.717) is 5.92 Å². The van der Waals surface area contributed by atoms with E-state index in [-0.39, 0.29) is 10.5 Å². The second kappa shape index (κ2) is 5.53. The fourth-order valence-corrected chi connectivity index (χ4v) is 2.53. The number of benzene rings is 1. The van der Waals surface area contributed by atoms with Crippen molar-refractivity contribution in [3.63, 3.8) is 0 Å². The van der Waals surface area contributed by atoms with Gasteiger partial charge in [-0.1, -0.05) is 6.07 Å². The van der Waals surface area contributed by atoms with E-state index >= 15 is 0 Å². The predicted molar refractivity (Wildman–Crippen MR) is 74.0 cm³/mol. The van der Waals surface area contributed by atoms with Gasteiger partial charge in [0.2, 0.25) is 0 Å². The SMILES string of the molecule is [2H]C([2H])([2H])N(C(=O)c1ccc(C2CCNCC2)c(C)c1)C([2H])([2H])[2H]. The fraction of sp³-hybridized carbons (Fsp3) is 0.533. The minimum atomic E-state index is -3.02. The first-order valence-corrected chi connectivity index (χ1v) is 6.18. The topological polar surface area (TPSA) is 32.3 Å². The van der Waals surface area contributed by atoms with Crippen LogP contribution >= 0.6 is 0 Å². The standard InChI is InChI=1S/C15H22N2O/c1-11-10-13(15(18)17(2)3)4-5-14(11)12-6-8-16-9-7-12/h4-5,10,12,16H,6-9H2,1-3H3/i2D3,3D3. The Labute approximate surface area is 118 Å². The number of rotatable bonds is 2. The van der Waals surface area contributed by atoms with E-state index in [1.54, 1.807) is 6.07 Å². The molecule has 1 saturated heterocycles. The summed E-state index contributed by atoms with van der Waals surface area (Å²) in [7, 11) is 0. The third kappa shape index (κ3) is 2.72. The molecule has 0 atom stereocenters. The summed E-state index contributed by atoms with van der Waals surface area (Å²) in [5.74, 6) is -0.605. The summed E-state index contributed by atoms with van der Waals surface area (Å²) in [4.78, 5) is 12.5. The second-order valence-corrected chi connectivity index (χ2v) is 4.74. The molecule has 1 aromatic carbocycles. The molecule has 1 N–H and O–H groups in total. The fourth-order valence-electron chi connectivity index (χ4n) is 2.53. The van der Waals surface area contributed by atoms with Crippen molar-refractivity contribution >= 4 is 5.91 Å². The van der Waals surface area contributed by atoms with Crippen LogP contribution in [0.25, 0.3) is 0 Å². The van der Waals surface area contributed by atoms with Crippen molar-refractivity contribution in [1.29, 1.82) is 0 Å². The maximum absolute atomic E-state index is 12.5. The van der Waals surface area contributed by atoms with Crippen LogP contribution in [0.15, 0.2) is 18.2 Å². The molecule has 3 heteroatoms. The minimum absolute atomic E-state index is 0.00102. The van der Waals surface area contributed by atoms with Crippen LogP contribution in [-0.2, 0) is 0 Å². The van der Waals surface area contributed by atoms with E-state index in [2.05, 4.69) is 5.32 Å². The molecular formula is C15H22N2O. The highest BCUT2D eigenvalue weighted by Crippen LogP contribution is 2.28. The molecule has 1 fully saturated rings. The molecule has 3 nitrogen and oxygen atoms in total. The molecule has 0 aliphatic carbocycles. The van der Waals surface area contributed by atoms with Crippen LogP contribution in [0.3, 0.4) is 0 Å². The predicted octanol–water partition coefficient (Wildman–Crippen LogP) is 2.16. The highest BCUT2D eigenvalue weighted by molar-refractivity contribution is 5.94. The van der Waals surface area contributed by atoms with Crippen molar-refractivity contribution in [2.45, 2.75) is 25.7 Å². The zero-order chi connectivity index (χ0) is 18.1. The molecule has 0 aromatic heterocycles. The smallest absolute Gasteiger partial charge is 0.253 e. The molecule has 1 aromatic rings. The molecule has 0 saturated carbocycles. The Kier molecular flexibility index (Phi) is 2.24. The zero-order valence-corrected chi connectivity index (χ0v) is 10.5. The van der Waals surface area contributed by atoms with Crippen molar-refractivity contribution in [3.05, 3.63) is 34.9 Å². The summed E-state index contributed by atoms with van der Waals surface area (Å²) in [5, 5.41) is 3.30. The van der Waals surface area contributed by atoms with Gasteiger partial charge in [-0.15, -0.1) is 0 Å². The number of amides is 1. The van der Waals surface area contributed by atoms with Gasteiger partial charge >= 0.3 is 0 Å². The summed E-state index contributed by atoms with van der Waals surface area (Å²) in [6, 6.07) is 4.93. The molecule has 1 aliphatic rings. The Bertz CT molecular complexity index is 591. The summed E-state index contributed by atoms with van der Waals surface area (Å²) in [6.45, 7) is -2.30. The van der Waals surface area contributed by atoms with Gasteiger partial charge in [0.05, 0.1) is 0 Å². The van der Waals surface area contributed by atoms with Crippen LogP contribution in [-0.4, -0.2) is 37.8 Å². The number of nitrogens with zero attached hydrogens (tertiary/aromatic N) is 1. The summed E-state index contributed by atoms with van der Waals surface area (Å²) in [5.41, 5.74) is 2.09. The Morgan fingerprint density at radius 1 is 1.39 bits per heavy atom. The van der Waals surface area contributed by atoms with Crippen LogP contribution in [0, 0.1) is 6.92 Å². The number of nitrogens with one attached hydrogen (secondary N) is 1. The average molecular weight is 252 g/mol. The Hall–Kier alpha value is -1.35. The van der Waals surface area contributed by atoms with Crippen molar-refractivity contribution in [1.82, 2.24) is 10.2 Å². The van der Waals surface area contributed by atoms with E-state index < -0.39 is 19.9 Å². The van der Waals surface area contributed by atoms with Crippen LogP contribution < -0.4 is 5.32 Å². The van der Waals surface area contributed by atoms with E-state index in [4.69, 9.17) is 8.22 Å². The molecular weight excluding hydrogens is 224 g/mol. The normalized spacial score (nSPS) is 22.9. The van der Waals surface area contributed by atoms with Crippen LogP contribution in [0.5, 0.6) is 0 Å². The Balaban J connectivity index is 2.31. The number of hydrogen-bond acceptors (Lipinski definition) is 2. The Morgan fingerprint density at radius 2 is 2.11 bits per heavy atom. The number of aryl methyl sites for hydroxylation is 1. The van der Waals surface area contributed by atoms with Crippen molar-refractivity contribution < 1.29 is 13.0 Å². The first-order chi connectivity index (χ1) is 11.0. The lowest BCUT2D eigenvalue weighted by Gasteiger charge is -2.25. The lowest BCUT2D eigenvalue weighted by atomic mass is 9.87. The van der Waals surface area contributed by atoms with Crippen molar-refractivity contribution in [2.24, 2.45) is 0 Å². The second-order valence-electron chi connectivity index (χ2n) is 4.74. The zero-order valence-electron chi connectivity index (χ0n) is 16.5. The van der Waals surface area contributed by atoms with Crippen LogP contribution in [0.1, 0.15) is 48.5 Å². The molecule has 0 bridgehead atoms. The summed E-state index contributed by atoms with van der Waals surface area (Å²) >= 11 is 0. The molecule has 1 amide bonds. The quantitative estimate of drug-likeness (QED) is 0.875. The Morgan fingerprint density at radius 3 is 2.72 bits per heavy atom. The highest BCUT2D eigenvalue weighted by Gasteiger charge is 2.18. The molecule has 0 spiro atoms. The molecule has 0 radical (unpaired) electrons. The molecule has 18 heavy (non-hydrogen) atoms. The van der Waals surface area contributed by atoms with E-state index in [0.717, 1.165) is 37.1 Å². The summed E-state index contributed by atoms with van der Waals surface area (Å²) < 4.78 is 44.1. The largest absolute Gasteiger partial charge is 0.345 e. The summed E-state index contributed by atoms with van der Waals surface area (Å²) in [6.07, 6.45) is 2.01. The van der Waals surface area contributed by atoms with E-state index in [1.165, 1.54) is 6.07 Å². The van der Waals surface area contributed by atoms with Gasteiger partial charge in [0, 0.05) is 27.7 Å². The number of carbonyl (C=O) groups is 1. The molecule has 0 unspecified atom stereocenters. The average Bonchev–Trinajstić information content (AvgIpc) is 2.45. The van der Waals surface area contributed by atoms with Crippen LogP contribution in [0.4, 0.5) is 0 Å². The maximum atomic E-state index is 12.5. The van der Waals surface area contributed by atoms with Crippen molar-refractivity contribution in [3.8, 4) is 0 Å². The first kappa shape index (κ1) is 7.29. The first-order valence-electron chi connectivity index (χ1n) is 9.18. The lowest BCUT2D eigenvalue weighted by Crippen LogP contribution is -2.27. The molecule has 1 aliphatic heterocycles. The van der Waals surface area contributed by atoms with E-state index in [1.807, 2.05) is 13.0 Å². The molecule has 1 heterocycles. The van der Waals surface area contributed by atoms with Gasteiger partial charge in [-0.3, -0.25) is 4.79 Å². The number of piperidine rings is 1. The van der Waals surface area contributed by atoms with Gasteiger partial charge in [0.15, 0.2) is 0 Å². The monoisotopic (exact) mass is 252 g/mol. The lowest BCUT2D eigenvalue weighted by molar-refractivity contribution is 0.0827. The number of hydrogen-bond donors (Lipinski definition) is 1. The van der Waals surface area contributed by atoms with Crippen LogP contribution in [0.2, 0.25) is 0 Å².